The van der Waals surface area contributed by atoms with Crippen LogP contribution in [0, 0.1) is 13.8 Å². The highest BCUT2D eigenvalue weighted by atomic mass is 15.2. The van der Waals surface area contributed by atoms with Gasteiger partial charge in [0.25, 0.3) is 0 Å². The molecule has 5 heteroatoms. The maximum absolute atomic E-state index is 4.74. The number of hydrogen-bond donors (Lipinski definition) is 1. The molecular formula is C18H21N5. The van der Waals surface area contributed by atoms with Crippen LogP contribution < -0.4 is 4.90 Å². The van der Waals surface area contributed by atoms with E-state index in [-0.39, 0.29) is 0 Å². The van der Waals surface area contributed by atoms with Gasteiger partial charge in [0.15, 0.2) is 0 Å². The lowest BCUT2D eigenvalue weighted by atomic mass is 9.94. The first kappa shape index (κ1) is 14.2. The van der Waals surface area contributed by atoms with Gasteiger partial charge in [0, 0.05) is 30.1 Å². The monoisotopic (exact) mass is 307 g/mol. The van der Waals surface area contributed by atoms with Gasteiger partial charge >= 0.3 is 0 Å². The number of aromatic nitrogens is 4. The number of rotatable bonds is 2. The van der Waals surface area contributed by atoms with Crippen LogP contribution in [0.25, 0.3) is 10.9 Å². The number of piperidine rings is 1. The number of para-hydroxylation sites is 1. The number of nitrogens with one attached hydrogen (secondary N) is 1. The van der Waals surface area contributed by atoms with Crippen LogP contribution in [-0.4, -0.2) is 33.3 Å². The summed E-state index contributed by atoms with van der Waals surface area (Å²) in [4.78, 5) is 11.6. The second kappa shape index (κ2) is 5.65. The average molecular weight is 307 g/mol. The lowest BCUT2D eigenvalue weighted by molar-refractivity contribution is 0.487. The average Bonchev–Trinajstić information content (AvgIpc) is 3.11. The molecule has 23 heavy (non-hydrogen) atoms. The molecule has 1 N–H and O–H groups in total. The molecule has 0 spiro atoms. The Hall–Kier alpha value is -2.43. The molecule has 1 aromatic carbocycles. The molecule has 0 saturated carbocycles. The second-order valence-corrected chi connectivity index (χ2v) is 6.32. The second-order valence-electron chi connectivity index (χ2n) is 6.32. The highest BCUT2D eigenvalue weighted by Crippen LogP contribution is 2.35. The van der Waals surface area contributed by atoms with E-state index >= 15 is 0 Å². The minimum absolute atomic E-state index is 0.489. The van der Waals surface area contributed by atoms with Crippen molar-refractivity contribution in [1.82, 2.24) is 20.2 Å². The van der Waals surface area contributed by atoms with E-state index in [1.807, 2.05) is 0 Å². The van der Waals surface area contributed by atoms with E-state index < -0.39 is 0 Å². The highest BCUT2D eigenvalue weighted by molar-refractivity contribution is 5.93. The number of fused-ring (bicyclic) bond motifs is 1. The van der Waals surface area contributed by atoms with E-state index in [1.165, 1.54) is 16.6 Å². The van der Waals surface area contributed by atoms with Gasteiger partial charge in [0.2, 0.25) is 0 Å². The molecule has 0 radical (unpaired) electrons. The lowest BCUT2D eigenvalue weighted by Crippen LogP contribution is -2.34. The predicted molar refractivity (Wildman–Crippen MR) is 91.8 cm³/mol. The summed E-state index contributed by atoms with van der Waals surface area (Å²) in [5.74, 6) is 1.51. The zero-order chi connectivity index (χ0) is 15.8. The molecule has 1 fully saturated rings. The van der Waals surface area contributed by atoms with Gasteiger partial charge in [-0.3, -0.25) is 10.1 Å². The summed E-state index contributed by atoms with van der Waals surface area (Å²) in [6.07, 6.45) is 3.81. The highest BCUT2D eigenvalue weighted by Gasteiger charge is 2.25. The normalized spacial score (nSPS) is 16.2. The molecule has 5 nitrogen and oxygen atoms in total. The summed E-state index contributed by atoms with van der Waals surface area (Å²) in [7, 11) is 0. The van der Waals surface area contributed by atoms with Crippen molar-refractivity contribution in [2.24, 2.45) is 0 Å². The maximum atomic E-state index is 4.74. The Morgan fingerprint density at radius 1 is 1.13 bits per heavy atom. The van der Waals surface area contributed by atoms with Crippen LogP contribution in [0.3, 0.4) is 0 Å². The van der Waals surface area contributed by atoms with Gasteiger partial charge in [0.05, 0.1) is 11.2 Å². The van der Waals surface area contributed by atoms with Crippen LogP contribution in [0.2, 0.25) is 0 Å². The number of pyridine rings is 1. The van der Waals surface area contributed by atoms with Crippen molar-refractivity contribution >= 4 is 16.6 Å². The fraction of sp³-hybridized carbons (Fsp3) is 0.389. The van der Waals surface area contributed by atoms with Gasteiger partial charge in [-0.25, -0.2) is 4.98 Å². The van der Waals surface area contributed by atoms with Crippen LogP contribution in [0.4, 0.5) is 5.69 Å². The largest absolute Gasteiger partial charge is 0.371 e. The van der Waals surface area contributed by atoms with Crippen molar-refractivity contribution in [2.45, 2.75) is 32.6 Å². The van der Waals surface area contributed by atoms with Crippen molar-refractivity contribution in [3.05, 3.63) is 47.7 Å². The molecule has 3 aromatic rings. The first-order chi connectivity index (χ1) is 11.2. The van der Waals surface area contributed by atoms with Crippen LogP contribution in [0.5, 0.6) is 0 Å². The smallest absolute Gasteiger partial charge is 0.137 e. The molecule has 1 aliphatic rings. The van der Waals surface area contributed by atoms with Crippen LogP contribution in [-0.2, 0) is 0 Å². The molecular weight excluding hydrogens is 286 g/mol. The third kappa shape index (κ3) is 2.46. The minimum Gasteiger partial charge on any atom is -0.371 e. The number of anilines is 1. The quantitative estimate of drug-likeness (QED) is 0.789. The molecule has 2 aromatic heterocycles. The number of benzene rings is 1. The van der Waals surface area contributed by atoms with E-state index in [4.69, 9.17) is 4.98 Å². The van der Waals surface area contributed by atoms with E-state index in [0.717, 1.165) is 43.0 Å². The Morgan fingerprint density at radius 3 is 2.65 bits per heavy atom. The van der Waals surface area contributed by atoms with E-state index in [0.29, 0.717) is 5.92 Å². The fourth-order valence-corrected chi connectivity index (χ4v) is 3.60. The van der Waals surface area contributed by atoms with Gasteiger partial charge in [-0.1, -0.05) is 18.2 Å². The topological polar surface area (TPSA) is 57.7 Å². The van der Waals surface area contributed by atoms with E-state index in [2.05, 4.69) is 58.2 Å². The SMILES string of the molecule is Cc1nc2ccccc2c(N2CCC(c3ncn[nH]3)CC2)c1C. The summed E-state index contributed by atoms with van der Waals surface area (Å²) in [6, 6.07) is 8.45. The Labute approximate surface area is 135 Å². The summed E-state index contributed by atoms with van der Waals surface area (Å²) < 4.78 is 0. The van der Waals surface area contributed by atoms with Gasteiger partial charge < -0.3 is 4.90 Å². The number of aryl methyl sites for hydroxylation is 1. The summed E-state index contributed by atoms with van der Waals surface area (Å²) in [5.41, 5.74) is 4.85. The van der Waals surface area contributed by atoms with Crippen molar-refractivity contribution in [1.29, 1.82) is 0 Å². The first-order valence-electron chi connectivity index (χ1n) is 8.20. The molecule has 0 amide bonds. The van der Waals surface area contributed by atoms with Gasteiger partial charge in [0.1, 0.15) is 12.2 Å². The van der Waals surface area contributed by atoms with Crippen LogP contribution in [0.15, 0.2) is 30.6 Å². The molecule has 118 valence electrons. The van der Waals surface area contributed by atoms with Crippen molar-refractivity contribution < 1.29 is 0 Å². The predicted octanol–water partition coefficient (Wildman–Crippen LogP) is 3.35. The van der Waals surface area contributed by atoms with Crippen molar-refractivity contribution in [3.63, 3.8) is 0 Å². The number of nitrogens with zero attached hydrogens (tertiary/aromatic N) is 4. The zero-order valence-corrected chi connectivity index (χ0v) is 13.6. The molecule has 1 saturated heterocycles. The fourth-order valence-electron chi connectivity index (χ4n) is 3.60. The molecule has 4 rings (SSSR count). The summed E-state index contributed by atoms with van der Waals surface area (Å²) >= 11 is 0. The number of hydrogen-bond acceptors (Lipinski definition) is 4. The molecule has 0 unspecified atom stereocenters. The Kier molecular flexibility index (Phi) is 3.48. The Bertz CT molecular complexity index is 817. The van der Waals surface area contributed by atoms with E-state index in [1.54, 1.807) is 6.33 Å². The van der Waals surface area contributed by atoms with Crippen LogP contribution in [0.1, 0.15) is 35.8 Å². The number of aromatic amines is 1. The molecule has 0 atom stereocenters. The van der Waals surface area contributed by atoms with E-state index in [9.17, 15) is 0 Å². The zero-order valence-electron chi connectivity index (χ0n) is 13.6. The van der Waals surface area contributed by atoms with Gasteiger partial charge in [-0.15, -0.1) is 0 Å². The standard InChI is InChI=1S/C18H21N5/c1-12-13(2)21-16-6-4-3-5-15(16)17(12)23-9-7-14(8-10-23)18-19-11-20-22-18/h3-6,11,14H,7-10H2,1-2H3,(H,19,20,22). The van der Waals surface area contributed by atoms with Gasteiger partial charge in [-0.2, -0.15) is 5.10 Å². The molecule has 3 heterocycles. The van der Waals surface area contributed by atoms with Crippen molar-refractivity contribution in [3.8, 4) is 0 Å². The minimum atomic E-state index is 0.489. The molecule has 1 aliphatic heterocycles. The molecule has 0 bridgehead atoms. The maximum Gasteiger partial charge on any atom is 0.137 e. The number of H-pyrrole nitrogens is 1. The third-order valence-corrected chi connectivity index (χ3v) is 4.98. The van der Waals surface area contributed by atoms with Crippen molar-refractivity contribution in [2.75, 3.05) is 18.0 Å². The first-order valence-corrected chi connectivity index (χ1v) is 8.20. The van der Waals surface area contributed by atoms with Crippen LogP contribution >= 0.6 is 0 Å². The summed E-state index contributed by atoms with van der Waals surface area (Å²) in [5, 5.41) is 8.26. The third-order valence-electron chi connectivity index (χ3n) is 4.98. The Balaban J connectivity index is 1.67. The lowest BCUT2D eigenvalue weighted by Gasteiger charge is -2.34. The summed E-state index contributed by atoms with van der Waals surface area (Å²) in [6.45, 7) is 6.37. The Morgan fingerprint density at radius 2 is 1.91 bits per heavy atom. The molecule has 0 aliphatic carbocycles. The van der Waals surface area contributed by atoms with Gasteiger partial charge in [-0.05, 0) is 38.3 Å².